The van der Waals surface area contributed by atoms with Crippen LogP contribution in [0.15, 0.2) is 83.2 Å². The van der Waals surface area contributed by atoms with Crippen molar-refractivity contribution in [2.75, 3.05) is 43.0 Å². The van der Waals surface area contributed by atoms with Crippen molar-refractivity contribution in [1.82, 2.24) is 24.8 Å². The molecule has 6 N–H and O–H groups in total. The summed E-state index contributed by atoms with van der Waals surface area (Å²) in [5.41, 5.74) is 11.3. The lowest BCUT2D eigenvalue weighted by atomic mass is 9.98. The molecule has 3 aromatic carbocycles. The van der Waals surface area contributed by atoms with E-state index in [2.05, 4.69) is 30.7 Å². The third-order valence-electron chi connectivity index (χ3n) is 15.9. The van der Waals surface area contributed by atoms with Crippen LogP contribution in [0.25, 0.3) is 32.8 Å². The molecule has 22 heteroatoms. The maximum atomic E-state index is 14.7. The first-order valence-electron chi connectivity index (χ1n) is 25.1. The molecule has 76 heavy (non-hydrogen) atoms. The van der Waals surface area contributed by atoms with E-state index in [1.807, 2.05) is 12.1 Å². The topological polar surface area (TPSA) is 220 Å². The Labute approximate surface area is 458 Å². The molecule has 12 rings (SSSR count). The van der Waals surface area contributed by atoms with E-state index < -0.39 is 17.8 Å². The molecule has 7 aromatic rings. The van der Waals surface area contributed by atoms with Gasteiger partial charge in [0.05, 0.1) is 67.7 Å². The lowest BCUT2D eigenvalue weighted by molar-refractivity contribution is -0.117. The van der Waals surface area contributed by atoms with E-state index in [4.69, 9.17) is 66.1 Å². The molecule has 4 aromatic heterocycles. The Morgan fingerprint density at radius 3 is 2.36 bits per heavy atom. The number of aromatic carboxylic acids is 2. The van der Waals surface area contributed by atoms with Crippen LogP contribution >= 0.6 is 57.7 Å². The number of nitrogens with one attached hydrogen (secondary N) is 2. The minimum Gasteiger partial charge on any atom is -0.478 e. The van der Waals surface area contributed by atoms with Crippen LogP contribution in [0.5, 0.6) is 0 Å². The fourth-order valence-corrected chi connectivity index (χ4v) is 13.9. The SMILES string of the molecule is NC(=C(CO[C@H]1CN[C@H](CNc2nc3c(F)cc(C(=O)O)cc3s2)C1)C(=O)C1CC1C1CC1c1onc(-c2c(Cl)cccc2Cl)c1COC1C[C@@H]2CN(c3ccn4c(C(=O)O)cnc4c3)C[C@@H]2C1)c1c(Cl)cccc1Cl. The van der Waals surface area contributed by atoms with Gasteiger partial charge in [-0.3, -0.25) is 9.20 Å². The van der Waals surface area contributed by atoms with Gasteiger partial charge in [0.25, 0.3) is 0 Å². The second-order valence-corrected chi connectivity index (χ2v) is 23.2. The molecule has 3 saturated carbocycles. The van der Waals surface area contributed by atoms with Crippen molar-refractivity contribution in [3.8, 4) is 11.3 Å². The first kappa shape index (κ1) is 51.0. The van der Waals surface area contributed by atoms with E-state index in [0.29, 0.717) is 101 Å². The number of hydrogen-bond donors (Lipinski definition) is 5. The Hall–Kier alpha value is -5.83. The molecule has 5 unspecified atom stereocenters. The van der Waals surface area contributed by atoms with Gasteiger partial charge in [-0.2, -0.15) is 0 Å². The predicted octanol–water partition coefficient (Wildman–Crippen LogP) is 10.7. The van der Waals surface area contributed by atoms with E-state index in [0.717, 1.165) is 49.7 Å². The standard InChI is InChI=1S/C54H49Cl4FN8O8S/c55-37-3-1-4-38(56)45(37)47(60)35(22-74-30-13-27(61-18-30)17-63-54-64-49-41(59)11-24(52(69)70)12-43(49)76-54)50(68)33-15-31(33)32-16-34(32)51-36(48(65-75-51)46-39(57)5-2-6-40(46)58)23-73-29-9-25-20-66(21-26(25)10-29)28-7-8-67-42(53(71)72)19-62-44(67)14-28/h1-8,11-12,14,19,25-27,29-34,61H,9-10,13,15-18,20-23,60H2,(H,63,64)(H,69,70)(H,71,72)/t25-,26+,27-,29?,30+,31?,32?,33?,34?/m0/s1. The number of thiazole rings is 1. The minimum atomic E-state index is -1.22. The Morgan fingerprint density at radius 1 is 0.895 bits per heavy atom. The van der Waals surface area contributed by atoms with Gasteiger partial charge < -0.3 is 45.5 Å². The zero-order valence-corrected chi connectivity index (χ0v) is 44.2. The molecule has 0 spiro atoms. The van der Waals surface area contributed by atoms with E-state index >= 15 is 0 Å². The number of anilines is 2. The molecule has 3 aliphatic carbocycles. The second kappa shape index (κ2) is 20.5. The lowest BCUT2D eigenvalue weighted by Gasteiger charge is -2.21. The van der Waals surface area contributed by atoms with Crippen LogP contribution < -0.4 is 21.3 Å². The highest BCUT2D eigenvalue weighted by atomic mass is 35.5. The number of nitrogens with two attached hydrogens (primary N) is 1. The summed E-state index contributed by atoms with van der Waals surface area (Å²) in [7, 11) is 0. The van der Waals surface area contributed by atoms with E-state index in [9.17, 15) is 29.0 Å². The van der Waals surface area contributed by atoms with Crippen LogP contribution in [-0.4, -0.2) is 98.5 Å². The normalized spacial score (nSPS) is 25.1. The average Bonchev–Trinajstić information content (AvgIpc) is 3.91. The first-order chi connectivity index (χ1) is 36.7. The Kier molecular flexibility index (Phi) is 13.8. The molecular formula is C54H49Cl4FN8O8S. The summed E-state index contributed by atoms with van der Waals surface area (Å²) < 4.78 is 36.1. The number of ketones is 1. The number of carbonyl (C=O) groups excluding carboxylic acids is 1. The molecular weight excluding hydrogens is 1080 g/mol. The summed E-state index contributed by atoms with van der Waals surface area (Å²) in [5, 5.41) is 32.1. The monoisotopic (exact) mass is 1130 g/mol. The van der Waals surface area contributed by atoms with Crippen molar-refractivity contribution in [3.05, 3.63) is 133 Å². The number of nitrogens with zero attached hydrogens (tertiary/aromatic N) is 5. The fraction of sp³-hybridized carbons (Fsp3) is 0.370. The molecule has 0 bridgehead atoms. The summed E-state index contributed by atoms with van der Waals surface area (Å²) in [6.07, 6.45) is 6.66. The Bertz CT molecular complexity index is 3460. The van der Waals surface area contributed by atoms with Crippen molar-refractivity contribution in [3.63, 3.8) is 0 Å². The third kappa shape index (κ3) is 9.80. The summed E-state index contributed by atoms with van der Waals surface area (Å²) in [5.74, 6) is -1.67. The van der Waals surface area contributed by atoms with E-state index in [-0.39, 0.29) is 83.4 Å². The number of imidazole rings is 1. The lowest BCUT2D eigenvalue weighted by Crippen LogP contribution is -2.29. The average molecular weight is 1130 g/mol. The zero-order valence-electron chi connectivity index (χ0n) is 40.4. The van der Waals surface area contributed by atoms with Crippen molar-refractivity contribution in [2.24, 2.45) is 35.3 Å². The van der Waals surface area contributed by atoms with Gasteiger partial charge in [-0.25, -0.2) is 23.9 Å². The largest absolute Gasteiger partial charge is 0.478 e. The first-order valence-corrected chi connectivity index (χ1v) is 27.4. The second-order valence-electron chi connectivity index (χ2n) is 20.5. The van der Waals surface area contributed by atoms with Gasteiger partial charge in [-0.15, -0.1) is 0 Å². The minimum absolute atomic E-state index is 0.00340. The molecule has 2 aliphatic heterocycles. The van der Waals surface area contributed by atoms with Crippen molar-refractivity contribution in [1.29, 1.82) is 0 Å². The van der Waals surface area contributed by atoms with Gasteiger partial charge in [0.15, 0.2) is 22.4 Å². The Morgan fingerprint density at radius 2 is 1.63 bits per heavy atom. The highest BCUT2D eigenvalue weighted by Crippen LogP contribution is 2.64. The number of carboxylic acids is 2. The number of ether oxygens (including phenoxy) is 2. The van der Waals surface area contributed by atoms with Gasteiger partial charge in [-0.05, 0) is 98.2 Å². The van der Waals surface area contributed by atoms with Crippen LogP contribution in [0.3, 0.4) is 0 Å². The van der Waals surface area contributed by atoms with Gasteiger partial charge in [-0.1, -0.05) is 75.0 Å². The maximum Gasteiger partial charge on any atom is 0.354 e. The molecule has 16 nitrogen and oxygen atoms in total. The number of halogens is 5. The van der Waals surface area contributed by atoms with Crippen molar-refractivity contribution < 1.29 is 43.0 Å². The number of benzene rings is 3. The summed E-state index contributed by atoms with van der Waals surface area (Å²) in [6.45, 7) is 2.83. The number of pyridine rings is 1. The number of carboxylic acid groups (broad SMARTS) is 2. The van der Waals surface area contributed by atoms with Gasteiger partial charge in [0.1, 0.15) is 22.6 Å². The van der Waals surface area contributed by atoms with Crippen molar-refractivity contribution in [2.45, 2.75) is 62.9 Å². The molecule has 5 fully saturated rings. The quantitative estimate of drug-likeness (QED) is 0.0505. The summed E-state index contributed by atoms with van der Waals surface area (Å²) >= 11 is 28.1. The van der Waals surface area contributed by atoms with Crippen molar-refractivity contribution >= 4 is 108 Å². The fourth-order valence-electron chi connectivity index (χ4n) is 11.8. The Balaban J connectivity index is 0.710. The molecule has 2 saturated heterocycles. The van der Waals surface area contributed by atoms with Gasteiger partial charge in [0.2, 0.25) is 0 Å². The molecule has 0 amide bonds. The van der Waals surface area contributed by atoms with E-state index in [1.54, 1.807) is 47.0 Å². The predicted molar refractivity (Wildman–Crippen MR) is 287 cm³/mol. The molecule has 6 heterocycles. The highest BCUT2D eigenvalue weighted by molar-refractivity contribution is 7.22. The van der Waals surface area contributed by atoms with Crippen LogP contribution in [0, 0.1) is 35.4 Å². The number of Topliss-reactive ketones (excluding diaryl/α,β-unsaturated/α-hetero) is 1. The molecule has 9 atom stereocenters. The summed E-state index contributed by atoms with van der Waals surface area (Å²) in [6, 6.07) is 16.6. The van der Waals surface area contributed by atoms with Crippen LogP contribution in [0.1, 0.15) is 75.8 Å². The van der Waals surface area contributed by atoms with Crippen LogP contribution in [0.4, 0.5) is 15.2 Å². The van der Waals surface area contributed by atoms with Crippen LogP contribution in [-0.2, 0) is 20.9 Å². The van der Waals surface area contributed by atoms with Gasteiger partial charge in [0, 0.05) is 84.3 Å². The number of fused-ring (bicyclic) bond motifs is 3. The number of carbonyl (C=O) groups is 3. The van der Waals surface area contributed by atoms with Gasteiger partial charge >= 0.3 is 11.9 Å². The molecule has 5 aliphatic rings. The third-order valence-corrected chi connectivity index (χ3v) is 18.1. The van der Waals surface area contributed by atoms with Crippen LogP contribution in [0.2, 0.25) is 20.1 Å². The molecule has 0 radical (unpaired) electrons. The maximum absolute atomic E-state index is 14.7. The molecule has 394 valence electrons. The van der Waals surface area contributed by atoms with E-state index in [1.165, 1.54) is 23.6 Å². The zero-order chi connectivity index (χ0) is 52.7. The number of aromatic nitrogens is 4. The smallest absolute Gasteiger partial charge is 0.354 e. The number of rotatable bonds is 18. The highest BCUT2D eigenvalue weighted by Gasteiger charge is 2.59. The number of hydrogen-bond acceptors (Lipinski definition) is 14. The summed E-state index contributed by atoms with van der Waals surface area (Å²) in [4.78, 5) is 48.8.